The Hall–Kier alpha value is -0.390. The molecule has 0 bridgehead atoms. The summed E-state index contributed by atoms with van der Waals surface area (Å²) in [6, 6.07) is 0.343. The van der Waals surface area contributed by atoms with E-state index in [1.165, 1.54) is 44.2 Å². The lowest BCUT2D eigenvalue weighted by Crippen LogP contribution is -2.39. The topological polar surface area (TPSA) is 55.9 Å². The second kappa shape index (κ2) is 7.57. The second-order valence-electron chi connectivity index (χ2n) is 5.97. The smallest absolute Gasteiger partial charge is 0.0738 e. The van der Waals surface area contributed by atoms with Gasteiger partial charge in [0.25, 0.3) is 0 Å². The minimum Gasteiger partial charge on any atom is -0.271 e. The van der Waals surface area contributed by atoms with E-state index >= 15 is 0 Å². The Kier molecular flexibility index (Phi) is 6.05. The van der Waals surface area contributed by atoms with Crippen LogP contribution in [0.1, 0.15) is 56.8 Å². The molecule has 0 aromatic carbocycles. The summed E-state index contributed by atoms with van der Waals surface area (Å²) in [6.07, 6.45) is 9.04. The van der Waals surface area contributed by atoms with Crippen molar-refractivity contribution >= 4 is 15.9 Å². The molecular weight excluding hydrogens is 316 g/mol. The molecule has 1 atom stereocenters. The Morgan fingerprint density at radius 1 is 1.40 bits per heavy atom. The minimum atomic E-state index is 0.343. The minimum absolute atomic E-state index is 0.343. The zero-order chi connectivity index (χ0) is 14.5. The van der Waals surface area contributed by atoms with Crippen LogP contribution in [-0.2, 0) is 13.0 Å². The summed E-state index contributed by atoms with van der Waals surface area (Å²) in [5, 5.41) is 4.56. The molecule has 0 saturated heterocycles. The van der Waals surface area contributed by atoms with E-state index in [1.54, 1.807) is 0 Å². The molecule has 3 N–H and O–H groups in total. The summed E-state index contributed by atoms with van der Waals surface area (Å²) in [4.78, 5) is 0. The molecular formula is C15H27BrN4. The van der Waals surface area contributed by atoms with Gasteiger partial charge in [0.15, 0.2) is 0 Å². The number of aromatic nitrogens is 2. The van der Waals surface area contributed by atoms with E-state index in [0.29, 0.717) is 6.04 Å². The van der Waals surface area contributed by atoms with Crippen LogP contribution in [0.15, 0.2) is 4.47 Å². The maximum Gasteiger partial charge on any atom is 0.0738 e. The third-order valence-electron chi connectivity index (χ3n) is 4.47. The number of aryl methyl sites for hydroxylation is 2. The number of nitrogens with zero attached hydrogens (tertiary/aromatic N) is 2. The average Bonchev–Trinajstić information content (AvgIpc) is 2.75. The van der Waals surface area contributed by atoms with Gasteiger partial charge in [-0.1, -0.05) is 32.1 Å². The van der Waals surface area contributed by atoms with Gasteiger partial charge in [-0.15, -0.1) is 0 Å². The van der Waals surface area contributed by atoms with Crippen LogP contribution in [0.25, 0.3) is 0 Å². The average molecular weight is 343 g/mol. The summed E-state index contributed by atoms with van der Waals surface area (Å²) < 4.78 is 3.23. The fraction of sp³-hybridized carbons (Fsp3) is 0.800. The van der Waals surface area contributed by atoms with E-state index in [-0.39, 0.29) is 0 Å². The van der Waals surface area contributed by atoms with E-state index in [2.05, 4.69) is 38.1 Å². The first-order valence-corrected chi connectivity index (χ1v) is 8.62. The monoisotopic (exact) mass is 342 g/mol. The van der Waals surface area contributed by atoms with Crippen molar-refractivity contribution in [3.8, 4) is 0 Å². The maximum atomic E-state index is 5.79. The van der Waals surface area contributed by atoms with Gasteiger partial charge in [0.2, 0.25) is 0 Å². The standard InChI is InChI=1S/C15H27BrN4/c1-3-20-14(15(16)11(2)19-20)10-13(18-17)9-12-7-5-4-6-8-12/h12-13,18H,3-10,17H2,1-2H3. The molecule has 1 fully saturated rings. The molecule has 20 heavy (non-hydrogen) atoms. The predicted octanol–water partition coefficient (Wildman–Crippen LogP) is 3.32. The van der Waals surface area contributed by atoms with Gasteiger partial charge in [-0.05, 0) is 42.1 Å². The van der Waals surface area contributed by atoms with Crippen LogP contribution in [0.4, 0.5) is 0 Å². The molecule has 5 heteroatoms. The summed E-state index contributed by atoms with van der Waals surface area (Å²) in [5.74, 6) is 6.63. The van der Waals surface area contributed by atoms with E-state index in [4.69, 9.17) is 5.84 Å². The molecule has 0 spiro atoms. The van der Waals surface area contributed by atoms with Crippen molar-refractivity contribution in [2.75, 3.05) is 0 Å². The fourth-order valence-corrected chi connectivity index (χ4v) is 3.78. The van der Waals surface area contributed by atoms with Crippen LogP contribution in [-0.4, -0.2) is 15.8 Å². The Balaban J connectivity index is 2.02. The zero-order valence-corrected chi connectivity index (χ0v) is 14.2. The molecule has 1 aliphatic carbocycles. The molecule has 0 aliphatic heterocycles. The van der Waals surface area contributed by atoms with Gasteiger partial charge in [0.1, 0.15) is 0 Å². The van der Waals surface area contributed by atoms with Crippen molar-refractivity contribution in [2.24, 2.45) is 11.8 Å². The highest BCUT2D eigenvalue weighted by atomic mass is 79.9. The molecule has 0 radical (unpaired) electrons. The summed E-state index contributed by atoms with van der Waals surface area (Å²) in [5.41, 5.74) is 5.36. The number of hydrogen-bond acceptors (Lipinski definition) is 3. The van der Waals surface area contributed by atoms with Crippen molar-refractivity contribution in [1.29, 1.82) is 0 Å². The summed E-state index contributed by atoms with van der Waals surface area (Å²) in [6.45, 7) is 5.09. The highest BCUT2D eigenvalue weighted by Gasteiger charge is 2.21. The molecule has 1 aromatic rings. The molecule has 1 unspecified atom stereocenters. The van der Waals surface area contributed by atoms with Crippen molar-refractivity contribution in [3.05, 3.63) is 15.9 Å². The van der Waals surface area contributed by atoms with Crippen LogP contribution < -0.4 is 11.3 Å². The third-order valence-corrected chi connectivity index (χ3v) is 5.50. The van der Waals surface area contributed by atoms with E-state index < -0.39 is 0 Å². The first-order valence-electron chi connectivity index (χ1n) is 7.83. The van der Waals surface area contributed by atoms with E-state index in [9.17, 15) is 0 Å². The molecule has 114 valence electrons. The molecule has 0 amide bonds. The number of nitrogens with two attached hydrogens (primary N) is 1. The quantitative estimate of drug-likeness (QED) is 0.615. The molecule has 1 aromatic heterocycles. The lowest BCUT2D eigenvalue weighted by atomic mass is 9.84. The molecule has 4 nitrogen and oxygen atoms in total. The van der Waals surface area contributed by atoms with Gasteiger partial charge in [-0.25, -0.2) is 0 Å². The number of rotatable bonds is 6. The van der Waals surface area contributed by atoms with Gasteiger partial charge in [-0.3, -0.25) is 16.0 Å². The van der Waals surface area contributed by atoms with E-state index in [1.807, 2.05) is 6.92 Å². The highest BCUT2D eigenvalue weighted by molar-refractivity contribution is 9.10. The van der Waals surface area contributed by atoms with Crippen molar-refractivity contribution in [2.45, 2.75) is 71.4 Å². The zero-order valence-electron chi connectivity index (χ0n) is 12.7. The summed E-state index contributed by atoms with van der Waals surface area (Å²) in [7, 11) is 0. The van der Waals surface area contributed by atoms with Gasteiger partial charge in [0, 0.05) is 19.0 Å². The SMILES string of the molecule is CCn1nc(C)c(Br)c1CC(CC1CCCCC1)NN. The Labute approximate surface area is 130 Å². The lowest BCUT2D eigenvalue weighted by Gasteiger charge is -2.26. The van der Waals surface area contributed by atoms with Crippen LogP contribution in [0.2, 0.25) is 0 Å². The lowest BCUT2D eigenvalue weighted by molar-refractivity contribution is 0.295. The number of hydrazine groups is 1. The number of halogens is 1. The van der Waals surface area contributed by atoms with Gasteiger partial charge >= 0.3 is 0 Å². The summed E-state index contributed by atoms with van der Waals surface area (Å²) >= 11 is 3.67. The van der Waals surface area contributed by atoms with Crippen LogP contribution in [0, 0.1) is 12.8 Å². The maximum absolute atomic E-state index is 5.79. The van der Waals surface area contributed by atoms with Gasteiger partial charge in [-0.2, -0.15) is 5.10 Å². The van der Waals surface area contributed by atoms with E-state index in [0.717, 1.165) is 29.1 Å². The largest absolute Gasteiger partial charge is 0.271 e. The highest BCUT2D eigenvalue weighted by Crippen LogP contribution is 2.29. The second-order valence-corrected chi connectivity index (χ2v) is 6.76. The fourth-order valence-electron chi connectivity index (χ4n) is 3.33. The van der Waals surface area contributed by atoms with Crippen LogP contribution in [0.5, 0.6) is 0 Å². The van der Waals surface area contributed by atoms with Crippen LogP contribution >= 0.6 is 15.9 Å². The van der Waals surface area contributed by atoms with Gasteiger partial charge in [0.05, 0.1) is 15.9 Å². The third kappa shape index (κ3) is 3.83. The van der Waals surface area contributed by atoms with Crippen molar-refractivity contribution < 1.29 is 0 Å². The number of nitrogens with one attached hydrogen (secondary N) is 1. The normalized spacial score (nSPS) is 18.4. The Bertz CT molecular complexity index is 424. The Morgan fingerprint density at radius 3 is 2.70 bits per heavy atom. The van der Waals surface area contributed by atoms with Crippen molar-refractivity contribution in [3.63, 3.8) is 0 Å². The molecule has 1 heterocycles. The predicted molar refractivity (Wildman–Crippen MR) is 86.3 cm³/mol. The Morgan fingerprint density at radius 2 is 2.10 bits per heavy atom. The number of hydrogen-bond donors (Lipinski definition) is 2. The van der Waals surface area contributed by atoms with Gasteiger partial charge < -0.3 is 0 Å². The first-order chi connectivity index (χ1) is 9.65. The molecule has 1 aliphatic rings. The first kappa shape index (κ1) is 16.0. The van der Waals surface area contributed by atoms with Crippen molar-refractivity contribution in [1.82, 2.24) is 15.2 Å². The molecule has 2 rings (SSSR count). The van der Waals surface area contributed by atoms with Crippen LogP contribution in [0.3, 0.4) is 0 Å². The molecule has 1 saturated carbocycles.